The molecule has 0 unspecified atom stereocenters. The Hall–Kier alpha value is -0.870. The summed E-state index contributed by atoms with van der Waals surface area (Å²) in [5.41, 5.74) is 0. The van der Waals surface area contributed by atoms with E-state index in [-0.39, 0.29) is 0 Å². The molecule has 76 valence electrons. The van der Waals surface area contributed by atoms with Crippen molar-refractivity contribution < 1.29 is 0 Å². The molecule has 0 N–H and O–H groups in total. The van der Waals surface area contributed by atoms with Crippen molar-refractivity contribution in [3.05, 3.63) is 17.4 Å². The molecule has 2 rings (SSSR count). The number of aromatic nitrogens is 2. The highest BCUT2D eigenvalue weighted by Crippen LogP contribution is 2.18. The van der Waals surface area contributed by atoms with E-state index >= 15 is 0 Å². The smallest absolute Gasteiger partial charge is 0.225 e. The summed E-state index contributed by atoms with van der Waals surface area (Å²) in [5.74, 6) is 0.771. The largest absolute Gasteiger partial charge is 0.338 e. The molecule has 2 heterocycles. The first-order chi connectivity index (χ1) is 6.66. The molecule has 0 amide bonds. The SMILES string of the molecule is CN(C)C1CN(c2ncc(Cl)cn2)C1. The van der Waals surface area contributed by atoms with Gasteiger partial charge in [-0.1, -0.05) is 11.6 Å². The van der Waals surface area contributed by atoms with Crippen LogP contribution in [0.2, 0.25) is 5.02 Å². The lowest BCUT2D eigenvalue weighted by Crippen LogP contribution is -2.58. The first-order valence-electron chi connectivity index (χ1n) is 4.56. The minimum atomic E-state index is 0.582. The highest BCUT2D eigenvalue weighted by atomic mass is 35.5. The van der Waals surface area contributed by atoms with Gasteiger partial charge in [0, 0.05) is 19.1 Å². The van der Waals surface area contributed by atoms with Crippen LogP contribution < -0.4 is 4.90 Å². The van der Waals surface area contributed by atoms with E-state index in [4.69, 9.17) is 11.6 Å². The second-order valence-electron chi connectivity index (χ2n) is 3.72. The van der Waals surface area contributed by atoms with Crippen LogP contribution in [0.4, 0.5) is 5.95 Å². The van der Waals surface area contributed by atoms with Gasteiger partial charge in [-0.2, -0.15) is 0 Å². The van der Waals surface area contributed by atoms with Crippen LogP contribution in [0.3, 0.4) is 0 Å². The number of hydrogen-bond acceptors (Lipinski definition) is 4. The second kappa shape index (κ2) is 3.71. The van der Waals surface area contributed by atoms with Crippen LogP contribution in [0.25, 0.3) is 0 Å². The van der Waals surface area contributed by atoms with Crippen molar-refractivity contribution in [2.75, 3.05) is 32.1 Å². The van der Waals surface area contributed by atoms with E-state index in [0.717, 1.165) is 19.0 Å². The highest BCUT2D eigenvalue weighted by molar-refractivity contribution is 6.30. The lowest BCUT2D eigenvalue weighted by molar-refractivity contribution is 0.245. The Balaban J connectivity index is 1.96. The molecule has 14 heavy (non-hydrogen) atoms. The Kier molecular flexibility index (Phi) is 2.56. The molecule has 1 saturated heterocycles. The molecular weight excluding hydrogens is 200 g/mol. The lowest BCUT2D eigenvalue weighted by Gasteiger charge is -2.42. The number of anilines is 1. The van der Waals surface area contributed by atoms with Gasteiger partial charge >= 0.3 is 0 Å². The predicted molar refractivity (Wildman–Crippen MR) is 56.7 cm³/mol. The van der Waals surface area contributed by atoms with E-state index in [1.165, 1.54) is 0 Å². The van der Waals surface area contributed by atoms with Gasteiger partial charge in [0.05, 0.1) is 17.4 Å². The quantitative estimate of drug-likeness (QED) is 0.729. The first kappa shape index (κ1) is 9.68. The molecule has 1 fully saturated rings. The van der Waals surface area contributed by atoms with Crippen molar-refractivity contribution >= 4 is 17.5 Å². The Morgan fingerprint density at radius 1 is 1.36 bits per heavy atom. The molecule has 0 radical (unpaired) electrons. The third-order valence-corrected chi connectivity index (χ3v) is 2.68. The van der Waals surface area contributed by atoms with Crippen LogP contribution in [0.1, 0.15) is 0 Å². The summed E-state index contributed by atoms with van der Waals surface area (Å²) in [6.07, 6.45) is 3.26. The maximum Gasteiger partial charge on any atom is 0.225 e. The average molecular weight is 213 g/mol. The predicted octanol–water partition coefficient (Wildman–Crippen LogP) is 0.880. The Labute approximate surface area is 88.5 Å². The lowest BCUT2D eigenvalue weighted by atomic mass is 10.1. The molecular formula is C9H13ClN4. The van der Waals surface area contributed by atoms with E-state index < -0.39 is 0 Å². The average Bonchev–Trinajstić information content (AvgIpc) is 2.05. The third kappa shape index (κ3) is 1.81. The molecule has 0 bridgehead atoms. The Morgan fingerprint density at radius 2 is 1.93 bits per heavy atom. The van der Waals surface area contributed by atoms with Crippen LogP contribution in [-0.4, -0.2) is 48.1 Å². The van der Waals surface area contributed by atoms with Gasteiger partial charge in [0.15, 0.2) is 0 Å². The van der Waals surface area contributed by atoms with Crippen LogP contribution in [-0.2, 0) is 0 Å². The molecule has 1 aromatic rings. The minimum absolute atomic E-state index is 0.582. The molecule has 0 spiro atoms. The highest BCUT2D eigenvalue weighted by Gasteiger charge is 2.29. The Morgan fingerprint density at radius 3 is 2.43 bits per heavy atom. The van der Waals surface area contributed by atoms with E-state index in [1.54, 1.807) is 12.4 Å². The number of halogens is 1. The van der Waals surface area contributed by atoms with Crippen molar-refractivity contribution in [2.45, 2.75) is 6.04 Å². The van der Waals surface area contributed by atoms with Gasteiger partial charge in [-0.15, -0.1) is 0 Å². The van der Waals surface area contributed by atoms with Gasteiger partial charge in [0.2, 0.25) is 5.95 Å². The zero-order valence-electron chi connectivity index (χ0n) is 8.31. The van der Waals surface area contributed by atoms with E-state index in [2.05, 4.69) is 33.9 Å². The summed E-state index contributed by atoms with van der Waals surface area (Å²) in [4.78, 5) is 12.7. The van der Waals surface area contributed by atoms with Crippen LogP contribution >= 0.6 is 11.6 Å². The number of nitrogens with zero attached hydrogens (tertiary/aromatic N) is 4. The molecule has 0 aromatic carbocycles. The topological polar surface area (TPSA) is 32.3 Å². The zero-order chi connectivity index (χ0) is 10.1. The van der Waals surface area contributed by atoms with Gasteiger partial charge in [-0.25, -0.2) is 9.97 Å². The number of hydrogen-bond donors (Lipinski definition) is 0. The Bertz CT molecular complexity index is 305. The third-order valence-electron chi connectivity index (χ3n) is 2.48. The van der Waals surface area contributed by atoms with Crippen molar-refractivity contribution in [1.82, 2.24) is 14.9 Å². The molecule has 1 aromatic heterocycles. The van der Waals surface area contributed by atoms with Crippen molar-refractivity contribution in [2.24, 2.45) is 0 Å². The summed E-state index contributed by atoms with van der Waals surface area (Å²) >= 11 is 5.70. The van der Waals surface area contributed by atoms with Gasteiger partial charge in [-0.05, 0) is 14.1 Å². The van der Waals surface area contributed by atoms with Crippen molar-refractivity contribution in [1.29, 1.82) is 0 Å². The van der Waals surface area contributed by atoms with Crippen LogP contribution in [0.15, 0.2) is 12.4 Å². The molecule has 5 heteroatoms. The molecule has 1 aliphatic heterocycles. The van der Waals surface area contributed by atoms with Gasteiger partial charge < -0.3 is 9.80 Å². The van der Waals surface area contributed by atoms with Gasteiger partial charge in [0.25, 0.3) is 0 Å². The van der Waals surface area contributed by atoms with Crippen molar-refractivity contribution in [3.63, 3.8) is 0 Å². The summed E-state index contributed by atoms with van der Waals surface area (Å²) < 4.78 is 0. The standard InChI is InChI=1S/C9H13ClN4/c1-13(2)8-5-14(6-8)9-11-3-7(10)4-12-9/h3-4,8H,5-6H2,1-2H3. The first-order valence-corrected chi connectivity index (χ1v) is 4.93. The second-order valence-corrected chi connectivity index (χ2v) is 4.16. The van der Waals surface area contributed by atoms with E-state index in [0.29, 0.717) is 11.1 Å². The fourth-order valence-corrected chi connectivity index (χ4v) is 1.51. The maximum atomic E-state index is 5.70. The molecule has 0 aliphatic carbocycles. The molecule has 0 saturated carbocycles. The molecule has 1 aliphatic rings. The van der Waals surface area contributed by atoms with Crippen molar-refractivity contribution in [3.8, 4) is 0 Å². The number of rotatable bonds is 2. The van der Waals surface area contributed by atoms with Gasteiger partial charge in [-0.3, -0.25) is 0 Å². The fourth-order valence-electron chi connectivity index (χ4n) is 1.41. The normalized spacial score (nSPS) is 17.3. The van der Waals surface area contributed by atoms with E-state index in [1.807, 2.05) is 0 Å². The van der Waals surface area contributed by atoms with E-state index in [9.17, 15) is 0 Å². The maximum absolute atomic E-state index is 5.70. The van der Waals surface area contributed by atoms with Crippen LogP contribution in [0, 0.1) is 0 Å². The fraction of sp³-hybridized carbons (Fsp3) is 0.556. The molecule has 4 nitrogen and oxygen atoms in total. The summed E-state index contributed by atoms with van der Waals surface area (Å²) in [5, 5.41) is 0.582. The van der Waals surface area contributed by atoms with Gasteiger partial charge in [0.1, 0.15) is 0 Å². The zero-order valence-corrected chi connectivity index (χ0v) is 9.07. The summed E-state index contributed by atoms with van der Waals surface area (Å²) in [6.45, 7) is 1.99. The van der Waals surface area contributed by atoms with Crippen LogP contribution in [0.5, 0.6) is 0 Å². The minimum Gasteiger partial charge on any atom is -0.338 e. The number of likely N-dealkylation sites (N-methyl/N-ethyl adjacent to an activating group) is 1. The summed E-state index contributed by atoms with van der Waals surface area (Å²) in [6, 6.07) is 0.620. The summed E-state index contributed by atoms with van der Waals surface area (Å²) in [7, 11) is 4.18. The monoisotopic (exact) mass is 212 g/mol. The molecule has 0 atom stereocenters.